The molecule has 1 aliphatic heterocycles. The summed E-state index contributed by atoms with van der Waals surface area (Å²) >= 11 is 6.30. The van der Waals surface area contributed by atoms with E-state index in [1.807, 2.05) is 43.3 Å². The van der Waals surface area contributed by atoms with Crippen molar-refractivity contribution < 1.29 is 9.32 Å². The Bertz CT molecular complexity index is 691. The van der Waals surface area contributed by atoms with Gasteiger partial charge in [0.05, 0.1) is 0 Å². The van der Waals surface area contributed by atoms with Crippen molar-refractivity contribution in [2.75, 3.05) is 13.1 Å². The van der Waals surface area contributed by atoms with E-state index in [0.717, 1.165) is 16.4 Å². The summed E-state index contributed by atoms with van der Waals surface area (Å²) in [7, 11) is 0. The molecule has 0 fully saturated rings. The molecule has 2 heterocycles. The highest BCUT2D eigenvalue weighted by Crippen LogP contribution is 2.29. The maximum atomic E-state index is 12.5. The van der Waals surface area contributed by atoms with Gasteiger partial charge >= 0.3 is 0 Å². The van der Waals surface area contributed by atoms with Gasteiger partial charge in [-0.1, -0.05) is 35.0 Å². The highest BCUT2D eigenvalue weighted by atomic mass is 35.5. The molecule has 0 bridgehead atoms. The smallest absolute Gasteiger partial charge is 0.254 e. The second-order valence-corrected chi connectivity index (χ2v) is 5.51. The average Bonchev–Trinajstić information content (AvgIpc) is 2.94. The largest absolute Gasteiger partial charge is 0.361 e. The van der Waals surface area contributed by atoms with Gasteiger partial charge in [-0.25, -0.2) is 0 Å². The summed E-state index contributed by atoms with van der Waals surface area (Å²) in [5.74, 6) is 0.742. The lowest BCUT2D eigenvalue weighted by atomic mass is 10.0. The SMILES string of the molecule is Cc1cc(C2=C(Cl)CCN(C(=O)c3ccccc3)C2)no1. The molecule has 0 atom stereocenters. The van der Waals surface area contributed by atoms with Crippen molar-refractivity contribution >= 4 is 23.1 Å². The van der Waals surface area contributed by atoms with Crippen LogP contribution < -0.4 is 0 Å². The number of hydrogen-bond donors (Lipinski definition) is 0. The van der Waals surface area contributed by atoms with Crippen molar-refractivity contribution in [2.45, 2.75) is 13.3 Å². The summed E-state index contributed by atoms with van der Waals surface area (Å²) in [5.41, 5.74) is 2.26. The molecule has 1 aliphatic rings. The first kappa shape index (κ1) is 13.9. The van der Waals surface area contributed by atoms with Gasteiger partial charge in [-0.2, -0.15) is 0 Å². The van der Waals surface area contributed by atoms with E-state index < -0.39 is 0 Å². The molecular weight excluding hydrogens is 288 g/mol. The Kier molecular flexibility index (Phi) is 3.80. The lowest BCUT2D eigenvalue weighted by Gasteiger charge is -2.28. The predicted octanol–water partition coefficient (Wildman–Crippen LogP) is 3.48. The topological polar surface area (TPSA) is 46.3 Å². The average molecular weight is 303 g/mol. The molecule has 1 aromatic carbocycles. The van der Waals surface area contributed by atoms with Crippen molar-refractivity contribution in [3.05, 3.63) is 58.4 Å². The number of halogens is 1. The summed E-state index contributed by atoms with van der Waals surface area (Å²) in [4.78, 5) is 14.3. The standard InChI is InChI=1S/C16H15ClN2O2/c1-11-9-15(18-21-11)13-10-19(8-7-14(13)17)16(20)12-5-3-2-4-6-12/h2-6,9H,7-8,10H2,1H3. The molecule has 0 unspecified atom stereocenters. The maximum absolute atomic E-state index is 12.5. The summed E-state index contributed by atoms with van der Waals surface area (Å²) in [6, 6.07) is 11.1. The predicted molar refractivity (Wildman–Crippen MR) is 81.0 cm³/mol. The number of rotatable bonds is 2. The summed E-state index contributed by atoms with van der Waals surface area (Å²) in [6.45, 7) is 2.91. The molecular formula is C16H15ClN2O2. The first-order valence-corrected chi connectivity index (χ1v) is 7.18. The zero-order valence-corrected chi connectivity index (χ0v) is 12.4. The Morgan fingerprint density at radius 3 is 2.76 bits per heavy atom. The van der Waals surface area contributed by atoms with E-state index in [1.54, 1.807) is 4.90 Å². The third kappa shape index (κ3) is 2.85. The van der Waals surface area contributed by atoms with Gasteiger partial charge < -0.3 is 9.42 Å². The Labute approximate surface area is 128 Å². The van der Waals surface area contributed by atoms with Crippen LogP contribution in [0.4, 0.5) is 0 Å². The number of aromatic nitrogens is 1. The Morgan fingerprint density at radius 2 is 2.10 bits per heavy atom. The molecule has 0 saturated heterocycles. The van der Waals surface area contributed by atoms with Gasteiger partial charge in [-0.05, 0) is 19.1 Å². The molecule has 0 N–H and O–H groups in total. The number of nitrogens with zero attached hydrogens (tertiary/aromatic N) is 2. The van der Waals surface area contributed by atoms with Gasteiger partial charge in [0.1, 0.15) is 11.5 Å². The van der Waals surface area contributed by atoms with Crippen molar-refractivity contribution in [1.29, 1.82) is 0 Å². The fraction of sp³-hybridized carbons (Fsp3) is 0.250. The lowest BCUT2D eigenvalue weighted by Crippen LogP contribution is -2.36. The van der Waals surface area contributed by atoms with E-state index in [9.17, 15) is 4.79 Å². The monoisotopic (exact) mass is 302 g/mol. The second kappa shape index (κ2) is 5.74. The molecule has 0 saturated carbocycles. The number of amides is 1. The first-order chi connectivity index (χ1) is 10.1. The fourth-order valence-electron chi connectivity index (χ4n) is 2.40. The molecule has 1 aromatic heterocycles. The molecule has 0 spiro atoms. The number of aryl methyl sites for hydroxylation is 1. The molecule has 1 amide bonds. The number of hydrogen-bond acceptors (Lipinski definition) is 3. The molecule has 5 heteroatoms. The molecule has 3 rings (SSSR count). The van der Waals surface area contributed by atoms with E-state index in [-0.39, 0.29) is 5.91 Å². The fourth-order valence-corrected chi connectivity index (χ4v) is 2.65. The molecule has 2 aromatic rings. The van der Waals surface area contributed by atoms with Crippen LogP contribution >= 0.6 is 11.6 Å². The summed E-state index contributed by atoms with van der Waals surface area (Å²) in [5, 5.41) is 4.75. The quantitative estimate of drug-likeness (QED) is 0.853. The zero-order valence-electron chi connectivity index (χ0n) is 11.7. The number of benzene rings is 1. The molecule has 4 nitrogen and oxygen atoms in total. The van der Waals surface area contributed by atoms with Crippen LogP contribution in [-0.2, 0) is 0 Å². The molecule has 0 radical (unpaired) electrons. The Morgan fingerprint density at radius 1 is 1.33 bits per heavy atom. The number of carbonyl (C=O) groups is 1. The van der Waals surface area contributed by atoms with Crippen LogP contribution in [0.5, 0.6) is 0 Å². The minimum Gasteiger partial charge on any atom is -0.361 e. The third-order valence-corrected chi connectivity index (χ3v) is 3.94. The van der Waals surface area contributed by atoms with Gasteiger partial charge in [0, 0.05) is 41.7 Å². The van der Waals surface area contributed by atoms with Crippen LogP contribution in [0.15, 0.2) is 46.0 Å². The van der Waals surface area contributed by atoms with Crippen molar-refractivity contribution in [3.63, 3.8) is 0 Å². The number of carbonyl (C=O) groups excluding carboxylic acids is 1. The van der Waals surface area contributed by atoms with Crippen LogP contribution in [0.25, 0.3) is 5.57 Å². The highest BCUT2D eigenvalue weighted by Gasteiger charge is 2.25. The van der Waals surface area contributed by atoms with Crippen LogP contribution in [-0.4, -0.2) is 29.1 Å². The summed E-state index contributed by atoms with van der Waals surface area (Å²) < 4.78 is 5.10. The minimum atomic E-state index is 0.0116. The van der Waals surface area contributed by atoms with Crippen LogP contribution in [0.2, 0.25) is 0 Å². The van der Waals surface area contributed by atoms with Crippen molar-refractivity contribution in [2.24, 2.45) is 0 Å². The van der Waals surface area contributed by atoms with Crippen LogP contribution in [0.1, 0.15) is 28.2 Å². The van der Waals surface area contributed by atoms with Gasteiger partial charge in [0.15, 0.2) is 0 Å². The van der Waals surface area contributed by atoms with Gasteiger partial charge in [-0.15, -0.1) is 0 Å². The van der Waals surface area contributed by atoms with E-state index in [0.29, 0.717) is 30.8 Å². The molecule has 21 heavy (non-hydrogen) atoms. The van der Waals surface area contributed by atoms with Gasteiger partial charge in [-0.3, -0.25) is 4.79 Å². The van der Waals surface area contributed by atoms with E-state index >= 15 is 0 Å². The van der Waals surface area contributed by atoms with Crippen LogP contribution in [0, 0.1) is 6.92 Å². The van der Waals surface area contributed by atoms with Gasteiger partial charge in [0.25, 0.3) is 5.91 Å². The van der Waals surface area contributed by atoms with E-state index in [4.69, 9.17) is 16.1 Å². The first-order valence-electron chi connectivity index (χ1n) is 6.80. The van der Waals surface area contributed by atoms with Gasteiger partial charge in [0.2, 0.25) is 0 Å². The normalized spacial score (nSPS) is 15.4. The van der Waals surface area contributed by atoms with E-state index in [2.05, 4.69) is 5.16 Å². The zero-order chi connectivity index (χ0) is 14.8. The minimum absolute atomic E-state index is 0.0116. The van der Waals surface area contributed by atoms with Crippen LogP contribution in [0.3, 0.4) is 0 Å². The van der Waals surface area contributed by atoms with Crippen molar-refractivity contribution in [3.8, 4) is 0 Å². The molecule has 0 aliphatic carbocycles. The highest BCUT2D eigenvalue weighted by molar-refractivity contribution is 6.32. The second-order valence-electron chi connectivity index (χ2n) is 5.05. The van der Waals surface area contributed by atoms with E-state index in [1.165, 1.54) is 0 Å². The Balaban J connectivity index is 1.84. The van der Waals surface area contributed by atoms with Crippen molar-refractivity contribution in [1.82, 2.24) is 10.1 Å². The Hall–Kier alpha value is -2.07. The molecule has 108 valence electrons. The summed E-state index contributed by atoms with van der Waals surface area (Å²) in [6.07, 6.45) is 0.640. The maximum Gasteiger partial charge on any atom is 0.254 e. The lowest BCUT2D eigenvalue weighted by molar-refractivity contribution is 0.0774. The third-order valence-electron chi connectivity index (χ3n) is 3.52.